The maximum atomic E-state index is 13.3. The molecule has 0 aromatic carbocycles. The molecule has 0 aliphatic carbocycles. The molecular weight excluding hydrogens is 392 g/mol. The van der Waals surface area contributed by atoms with Crippen LogP contribution < -0.4 is 5.56 Å². The predicted octanol–water partition coefficient (Wildman–Crippen LogP) is 4.95. The van der Waals surface area contributed by atoms with E-state index >= 15 is 0 Å². The van der Waals surface area contributed by atoms with Gasteiger partial charge in [-0.1, -0.05) is 30.8 Å². The predicted molar refractivity (Wildman–Crippen MR) is 114 cm³/mol. The average Bonchev–Trinajstić information content (AvgIpc) is 3.20. The first-order valence-electron chi connectivity index (χ1n) is 9.28. The van der Waals surface area contributed by atoms with Gasteiger partial charge in [-0.25, -0.2) is 9.97 Å². The van der Waals surface area contributed by atoms with E-state index in [1.54, 1.807) is 18.0 Å². The molecule has 0 atom stereocenters. The van der Waals surface area contributed by atoms with Gasteiger partial charge in [-0.3, -0.25) is 9.36 Å². The molecule has 0 spiro atoms. The van der Waals surface area contributed by atoms with Crippen molar-refractivity contribution in [2.45, 2.75) is 51.6 Å². The fourth-order valence-corrected chi connectivity index (χ4v) is 5.28. The molecule has 0 bridgehead atoms. The Morgan fingerprint density at radius 2 is 2.14 bits per heavy atom. The van der Waals surface area contributed by atoms with Crippen LogP contribution in [-0.4, -0.2) is 19.7 Å². The molecule has 4 aromatic heterocycles. The normalized spacial score (nSPS) is 11.9. The summed E-state index contributed by atoms with van der Waals surface area (Å²) in [5, 5.41) is 5.70. The molecule has 28 heavy (non-hydrogen) atoms. The Balaban J connectivity index is 1.82. The van der Waals surface area contributed by atoms with Crippen molar-refractivity contribution in [2.75, 3.05) is 0 Å². The van der Waals surface area contributed by atoms with Crippen LogP contribution in [0.5, 0.6) is 0 Å². The molecule has 146 valence electrons. The quantitative estimate of drug-likeness (QED) is 0.328. The average molecular weight is 415 g/mol. The highest BCUT2D eigenvalue weighted by atomic mass is 32.2. The van der Waals surface area contributed by atoms with Gasteiger partial charge in [0.2, 0.25) is 0 Å². The summed E-state index contributed by atoms with van der Waals surface area (Å²) in [7, 11) is 0. The molecule has 0 unspecified atom stereocenters. The van der Waals surface area contributed by atoms with Crippen molar-refractivity contribution in [1.29, 1.82) is 0 Å². The van der Waals surface area contributed by atoms with Crippen LogP contribution in [0.3, 0.4) is 0 Å². The summed E-state index contributed by atoms with van der Waals surface area (Å²) in [6, 6.07) is 3.87. The molecule has 0 saturated carbocycles. The van der Waals surface area contributed by atoms with Gasteiger partial charge in [0.05, 0.1) is 11.2 Å². The van der Waals surface area contributed by atoms with Crippen molar-refractivity contribution in [3.63, 3.8) is 0 Å². The van der Waals surface area contributed by atoms with Gasteiger partial charge < -0.3 is 4.52 Å². The van der Waals surface area contributed by atoms with Gasteiger partial charge in [-0.05, 0) is 38.3 Å². The molecule has 4 rings (SSSR count). The number of rotatable bonds is 6. The van der Waals surface area contributed by atoms with Gasteiger partial charge in [-0.2, -0.15) is 0 Å². The van der Waals surface area contributed by atoms with E-state index in [-0.39, 0.29) is 5.56 Å². The molecule has 0 fully saturated rings. The molecule has 4 heterocycles. The molecule has 0 aliphatic rings. The highest BCUT2D eigenvalue weighted by Gasteiger charge is 2.18. The van der Waals surface area contributed by atoms with E-state index in [0.717, 1.165) is 44.3 Å². The molecule has 0 radical (unpaired) electrons. The first-order chi connectivity index (χ1) is 13.5. The van der Waals surface area contributed by atoms with E-state index in [0.29, 0.717) is 22.9 Å². The van der Waals surface area contributed by atoms with Crippen LogP contribution in [0, 0.1) is 19.8 Å². The van der Waals surface area contributed by atoms with Crippen molar-refractivity contribution in [3.8, 4) is 0 Å². The third kappa shape index (κ3) is 3.46. The Morgan fingerprint density at radius 3 is 2.86 bits per heavy atom. The second kappa shape index (κ2) is 7.67. The summed E-state index contributed by atoms with van der Waals surface area (Å²) in [6.45, 7) is 8.84. The SMILES string of the molecule is Cc1noc(C)c1CSc1nc2c(sc3ncccc32)c(=O)n1CCC(C)C. The molecule has 8 heteroatoms. The zero-order chi connectivity index (χ0) is 19.8. The van der Waals surface area contributed by atoms with Gasteiger partial charge in [-0.15, -0.1) is 11.3 Å². The van der Waals surface area contributed by atoms with E-state index in [9.17, 15) is 4.79 Å². The topological polar surface area (TPSA) is 73.8 Å². The number of nitrogens with zero attached hydrogens (tertiary/aromatic N) is 4. The third-order valence-electron chi connectivity index (χ3n) is 4.77. The Bertz CT molecular complexity index is 1190. The first kappa shape index (κ1) is 19.1. The summed E-state index contributed by atoms with van der Waals surface area (Å²) < 4.78 is 7.77. The lowest BCUT2D eigenvalue weighted by atomic mass is 10.1. The lowest BCUT2D eigenvalue weighted by Crippen LogP contribution is -2.23. The lowest BCUT2D eigenvalue weighted by Gasteiger charge is -2.13. The standard InChI is InChI=1S/C20H22N4O2S2/c1-11(2)7-9-24-19(25)17-16(14-6-5-8-21-18(14)28-17)22-20(24)27-10-15-12(3)23-26-13(15)4/h5-6,8,11H,7,9-10H2,1-4H3. The van der Waals surface area contributed by atoms with E-state index in [1.165, 1.54) is 11.3 Å². The van der Waals surface area contributed by atoms with Crippen LogP contribution in [0.2, 0.25) is 0 Å². The van der Waals surface area contributed by atoms with Crippen molar-refractivity contribution in [3.05, 3.63) is 45.7 Å². The molecule has 4 aromatic rings. The van der Waals surface area contributed by atoms with Gasteiger partial charge in [0.25, 0.3) is 5.56 Å². The van der Waals surface area contributed by atoms with E-state index in [4.69, 9.17) is 9.51 Å². The molecule has 0 N–H and O–H groups in total. The number of aryl methyl sites for hydroxylation is 2. The fraction of sp³-hybridized carbons (Fsp3) is 0.400. The zero-order valence-electron chi connectivity index (χ0n) is 16.4. The van der Waals surface area contributed by atoms with E-state index < -0.39 is 0 Å². The van der Waals surface area contributed by atoms with E-state index in [1.807, 2.05) is 30.5 Å². The molecule has 0 aliphatic heterocycles. The van der Waals surface area contributed by atoms with E-state index in [2.05, 4.69) is 24.0 Å². The Morgan fingerprint density at radius 1 is 1.32 bits per heavy atom. The Hall–Kier alpha value is -2.19. The lowest BCUT2D eigenvalue weighted by molar-refractivity contribution is 0.392. The smallest absolute Gasteiger partial charge is 0.272 e. The Kier molecular flexibility index (Phi) is 5.25. The minimum atomic E-state index is 0.0231. The van der Waals surface area contributed by atoms with Gasteiger partial charge in [0.15, 0.2) is 5.16 Å². The second-order valence-electron chi connectivity index (χ2n) is 7.26. The van der Waals surface area contributed by atoms with Crippen LogP contribution in [0.4, 0.5) is 0 Å². The summed E-state index contributed by atoms with van der Waals surface area (Å²) in [4.78, 5) is 23.5. The maximum absolute atomic E-state index is 13.3. The van der Waals surface area contributed by atoms with Crippen molar-refractivity contribution in [1.82, 2.24) is 19.7 Å². The highest BCUT2D eigenvalue weighted by molar-refractivity contribution is 7.98. The zero-order valence-corrected chi connectivity index (χ0v) is 18.0. The molecule has 0 saturated heterocycles. The number of thioether (sulfide) groups is 1. The number of hydrogen-bond acceptors (Lipinski definition) is 7. The summed E-state index contributed by atoms with van der Waals surface area (Å²) in [5.74, 6) is 1.99. The molecular formula is C20H22N4O2S2. The van der Waals surface area contributed by atoms with Crippen molar-refractivity contribution < 1.29 is 4.52 Å². The largest absolute Gasteiger partial charge is 0.361 e. The maximum Gasteiger partial charge on any atom is 0.272 e. The van der Waals surface area contributed by atoms with Crippen LogP contribution in [0.1, 0.15) is 37.3 Å². The number of thiophene rings is 1. The van der Waals surface area contributed by atoms with Gasteiger partial charge >= 0.3 is 0 Å². The monoisotopic (exact) mass is 414 g/mol. The highest BCUT2D eigenvalue weighted by Crippen LogP contribution is 2.32. The number of pyridine rings is 1. The first-order valence-corrected chi connectivity index (χ1v) is 11.1. The summed E-state index contributed by atoms with van der Waals surface area (Å²) >= 11 is 2.99. The van der Waals surface area contributed by atoms with Crippen LogP contribution in [-0.2, 0) is 12.3 Å². The van der Waals surface area contributed by atoms with Crippen LogP contribution in [0.25, 0.3) is 20.4 Å². The summed E-state index contributed by atoms with van der Waals surface area (Å²) in [6.07, 6.45) is 2.68. The van der Waals surface area contributed by atoms with Gasteiger partial charge in [0.1, 0.15) is 15.3 Å². The minimum absolute atomic E-state index is 0.0231. The van der Waals surface area contributed by atoms with Crippen LogP contribution in [0.15, 0.2) is 32.8 Å². The van der Waals surface area contributed by atoms with Crippen LogP contribution >= 0.6 is 23.1 Å². The van der Waals surface area contributed by atoms with Crippen molar-refractivity contribution >= 4 is 43.5 Å². The third-order valence-corrected chi connectivity index (χ3v) is 6.87. The van der Waals surface area contributed by atoms with Crippen molar-refractivity contribution in [2.24, 2.45) is 5.92 Å². The van der Waals surface area contributed by atoms with Gasteiger partial charge in [0, 0.05) is 29.4 Å². The Labute approximate surface area is 171 Å². The number of aromatic nitrogens is 4. The minimum Gasteiger partial charge on any atom is -0.361 e. The summed E-state index contributed by atoms with van der Waals surface area (Å²) in [5.41, 5.74) is 2.72. The number of hydrogen-bond donors (Lipinski definition) is 0. The fourth-order valence-electron chi connectivity index (χ4n) is 3.08. The molecule has 6 nitrogen and oxygen atoms in total. The molecule has 0 amide bonds. The second-order valence-corrected chi connectivity index (χ2v) is 9.20. The number of fused-ring (bicyclic) bond motifs is 3.